The summed E-state index contributed by atoms with van der Waals surface area (Å²) in [5.74, 6) is 0.501. The van der Waals surface area contributed by atoms with Crippen LogP contribution in [0.15, 0.2) is 41.0 Å². The van der Waals surface area contributed by atoms with E-state index in [9.17, 15) is 4.39 Å². The number of pyridine rings is 1. The zero-order valence-corrected chi connectivity index (χ0v) is 11.2. The molecule has 94 valence electrons. The fourth-order valence-corrected chi connectivity index (χ4v) is 1.76. The van der Waals surface area contributed by atoms with Crippen LogP contribution in [0.4, 0.5) is 4.39 Å². The molecule has 1 aromatic carbocycles. The molecule has 2 aromatic rings. The lowest BCUT2D eigenvalue weighted by atomic mass is 10.2. The summed E-state index contributed by atoms with van der Waals surface area (Å²) >= 11 is 3.09. The molecule has 0 aliphatic carbocycles. The predicted molar refractivity (Wildman–Crippen MR) is 71.2 cm³/mol. The smallest absolute Gasteiger partial charge is 0.222 e. The molecule has 0 saturated carbocycles. The van der Waals surface area contributed by atoms with E-state index in [0.717, 1.165) is 5.56 Å². The van der Waals surface area contributed by atoms with Crippen molar-refractivity contribution in [1.29, 1.82) is 0 Å². The van der Waals surface area contributed by atoms with E-state index in [4.69, 9.17) is 10.5 Å². The third-order valence-electron chi connectivity index (χ3n) is 2.37. The highest BCUT2D eigenvalue weighted by Crippen LogP contribution is 2.26. The van der Waals surface area contributed by atoms with Crippen LogP contribution in [0.25, 0.3) is 0 Å². The van der Waals surface area contributed by atoms with Gasteiger partial charge in [-0.2, -0.15) is 0 Å². The summed E-state index contributed by atoms with van der Waals surface area (Å²) in [4.78, 5) is 4.13. The van der Waals surface area contributed by atoms with Gasteiger partial charge in [0.2, 0.25) is 5.88 Å². The highest BCUT2D eigenvalue weighted by molar-refractivity contribution is 9.10. The summed E-state index contributed by atoms with van der Waals surface area (Å²) in [7, 11) is 0. The molecule has 0 spiro atoms. The Morgan fingerprint density at radius 1 is 1.33 bits per heavy atom. The van der Waals surface area contributed by atoms with Crippen molar-refractivity contribution in [2.75, 3.05) is 6.54 Å². The van der Waals surface area contributed by atoms with Crippen molar-refractivity contribution in [2.45, 2.75) is 6.42 Å². The number of aromatic nitrogens is 1. The fraction of sp³-hybridized carbons (Fsp3) is 0.154. The lowest BCUT2D eigenvalue weighted by Crippen LogP contribution is -2.04. The topological polar surface area (TPSA) is 48.1 Å². The Labute approximate surface area is 113 Å². The van der Waals surface area contributed by atoms with Crippen molar-refractivity contribution in [2.24, 2.45) is 5.73 Å². The van der Waals surface area contributed by atoms with Gasteiger partial charge in [0, 0.05) is 17.8 Å². The SMILES string of the molecule is NCCc1cccnc1Oc1ccc(Br)c(F)c1. The molecule has 0 atom stereocenters. The van der Waals surface area contributed by atoms with Crippen LogP contribution in [0.5, 0.6) is 11.6 Å². The number of nitrogens with zero attached hydrogens (tertiary/aromatic N) is 1. The molecular weight excluding hydrogens is 299 g/mol. The van der Waals surface area contributed by atoms with Crippen LogP contribution in [-0.4, -0.2) is 11.5 Å². The largest absolute Gasteiger partial charge is 0.439 e. The second-order valence-corrected chi connectivity index (χ2v) is 4.54. The molecule has 0 fully saturated rings. The molecule has 0 saturated heterocycles. The average molecular weight is 311 g/mol. The molecule has 2 N–H and O–H groups in total. The van der Waals surface area contributed by atoms with E-state index >= 15 is 0 Å². The molecule has 18 heavy (non-hydrogen) atoms. The van der Waals surface area contributed by atoms with Crippen molar-refractivity contribution in [1.82, 2.24) is 4.98 Å². The number of nitrogens with two attached hydrogens (primary N) is 1. The van der Waals surface area contributed by atoms with Gasteiger partial charge in [-0.05, 0) is 47.1 Å². The monoisotopic (exact) mass is 310 g/mol. The average Bonchev–Trinajstić information content (AvgIpc) is 2.37. The Hall–Kier alpha value is -1.46. The zero-order chi connectivity index (χ0) is 13.0. The minimum absolute atomic E-state index is 0.371. The molecule has 5 heteroatoms. The lowest BCUT2D eigenvalue weighted by Gasteiger charge is -2.09. The number of rotatable bonds is 4. The molecule has 0 aliphatic heterocycles. The fourth-order valence-electron chi connectivity index (χ4n) is 1.51. The van der Waals surface area contributed by atoms with Crippen molar-refractivity contribution in [3.63, 3.8) is 0 Å². The van der Waals surface area contributed by atoms with E-state index in [1.807, 2.05) is 12.1 Å². The molecule has 0 amide bonds. The molecule has 0 aliphatic rings. The van der Waals surface area contributed by atoms with Gasteiger partial charge in [0.1, 0.15) is 11.6 Å². The van der Waals surface area contributed by atoms with Crippen LogP contribution in [-0.2, 0) is 6.42 Å². The summed E-state index contributed by atoms with van der Waals surface area (Å²) in [6.45, 7) is 0.511. The van der Waals surface area contributed by atoms with Crippen LogP contribution >= 0.6 is 15.9 Å². The van der Waals surface area contributed by atoms with Crippen LogP contribution in [0.1, 0.15) is 5.56 Å². The first-order valence-electron chi connectivity index (χ1n) is 5.47. The van der Waals surface area contributed by atoms with E-state index in [0.29, 0.717) is 29.1 Å². The molecule has 1 aromatic heterocycles. The molecule has 0 radical (unpaired) electrons. The van der Waals surface area contributed by atoms with Crippen LogP contribution in [0.3, 0.4) is 0 Å². The van der Waals surface area contributed by atoms with Crippen molar-refractivity contribution >= 4 is 15.9 Å². The molecule has 2 rings (SSSR count). The van der Waals surface area contributed by atoms with Gasteiger partial charge in [-0.25, -0.2) is 9.37 Å². The number of halogens is 2. The maximum absolute atomic E-state index is 13.4. The Morgan fingerprint density at radius 2 is 2.17 bits per heavy atom. The molecule has 0 unspecified atom stereocenters. The second kappa shape index (κ2) is 5.93. The summed E-state index contributed by atoms with van der Waals surface area (Å²) < 4.78 is 19.3. The van der Waals surface area contributed by atoms with E-state index in [1.165, 1.54) is 6.07 Å². The Kier molecular flexibility index (Phi) is 4.28. The van der Waals surface area contributed by atoms with E-state index < -0.39 is 0 Å². The predicted octanol–water partition coefficient (Wildman–Crippen LogP) is 3.28. The van der Waals surface area contributed by atoms with Crippen molar-refractivity contribution in [3.05, 3.63) is 52.4 Å². The zero-order valence-electron chi connectivity index (χ0n) is 9.57. The molecular formula is C13H12BrFN2O. The van der Waals surface area contributed by atoms with Crippen molar-refractivity contribution in [3.8, 4) is 11.6 Å². The summed E-state index contributed by atoms with van der Waals surface area (Å²) in [5, 5.41) is 0. The van der Waals surface area contributed by atoms with Gasteiger partial charge in [0.15, 0.2) is 0 Å². The van der Waals surface area contributed by atoms with Crippen molar-refractivity contribution < 1.29 is 9.13 Å². The van der Waals surface area contributed by atoms with Gasteiger partial charge >= 0.3 is 0 Å². The van der Waals surface area contributed by atoms with Gasteiger partial charge in [-0.15, -0.1) is 0 Å². The normalized spacial score (nSPS) is 10.4. The standard InChI is InChI=1S/C13H12BrFN2O/c14-11-4-3-10(8-12(11)15)18-13-9(5-6-16)2-1-7-17-13/h1-4,7-8H,5-6,16H2. The molecule has 0 bridgehead atoms. The Morgan fingerprint density at radius 3 is 2.89 bits per heavy atom. The van der Waals surface area contributed by atoms with E-state index in [2.05, 4.69) is 20.9 Å². The number of hydrogen-bond acceptors (Lipinski definition) is 3. The number of ether oxygens (including phenoxy) is 1. The van der Waals surface area contributed by atoms with Gasteiger partial charge in [-0.1, -0.05) is 6.07 Å². The highest BCUT2D eigenvalue weighted by Gasteiger charge is 2.07. The third-order valence-corrected chi connectivity index (χ3v) is 3.01. The summed E-state index contributed by atoms with van der Waals surface area (Å²) in [6.07, 6.45) is 2.30. The van der Waals surface area contributed by atoms with Gasteiger partial charge in [-0.3, -0.25) is 0 Å². The molecule has 3 nitrogen and oxygen atoms in total. The molecule has 1 heterocycles. The Balaban J connectivity index is 2.25. The third kappa shape index (κ3) is 3.05. The first-order chi connectivity index (χ1) is 8.70. The minimum Gasteiger partial charge on any atom is -0.439 e. The van der Waals surface area contributed by atoms with Gasteiger partial charge in [0.05, 0.1) is 4.47 Å². The van der Waals surface area contributed by atoms with Gasteiger partial charge in [0.25, 0.3) is 0 Å². The van der Waals surface area contributed by atoms with Gasteiger partial charge < -0.3 is 10.5 Å². The quantitative estimate of drug-likeness (QED) is 0.942. The maximum Gasteiger partial charge on any atom is 0.222 e. The maximum atomic E-state index is 13.4. The minimum atomic E-state index is -0.371. The van der Waals surface area contributed by atoms with Crippen LogP contribution in [0.2, 0.25) is 0 Å². The first kappa shape index (κ1) is 13.0. The van der Waals surface area contributed by atoms with E-state index in [-0.39, 0.29) is 5.82 Å². The van der Waals surface area contributed by atoms with Crippen LogP contribution in [0, 0.1) is 5.82 Å². The first-order valence-corrected chi connectivity index (χ1v) is 6.27. The lowest BCUT2D eigenvalue weighted by molar-refractivity contribution is 0.451. The second-order valence-electron chi connectivity index (χ2n) is 3.68. The highest BCUT2D eigenvalue weighted by atomic mass is 79.9. The number of benzene rings is 1. The van der Waals surface area contributed by atoms with Crippen LogP contribution < -0.4 is 10.5 Å². The number of hydrogen-bond donors (Lipinski definition) is 1. The Bertz CT molecular complexity index is 548. The summed E-state index contributed by atoms with van der Waals surface area (Å²) in [6, 6.07) is 8.29. The summed E-state index contributed by atoms with van der Waals surface area (Å²) in [5.41, 5.74) is 6.42. The van der Waals surface area contributed by atoms with E-state index in [1.54, 1.807) is 18.3 Å².